The molecule has 1 saturated carbocycles. The average Bonchev–Trinajstić information content (AvgIpc) is 3.48. The van der Waals surface area contributed by atoms with Gasteiger partial charge in [-0.2, -0.15) is 4.31 Å². The van der Waals surface area contributed by atoms with Gasteiger partial charge in [0.15, 0.2) is 0 Å². The second-order valence-corrected chi connectivity index (χ2v) is 11.1. The van der Waals surface area contributed by atoms with E-state index >= 15 is 0 Å². The van der Waals surface area contributed by atoms with Crippen LogP contribution in [0.1, 0.15) is 36.5 Å². The van der Waals surface area contributed by atoms with Gasteiger partial charge in [-0.1, -0.05) is 6.07 Å². The molecule has 0 aromatic heterocycles. The summed E-state index contributed by atoms with van der Waals surface area (Å²) >= 11 is 0. The molecule has 1 fully saturated rings. The van der Waals surface area contributed by atoms with E-state index in [0.29, 0.717) is 12.1 Å². The summed E-state index contributed by atoms with van der Waals surface area (Å²) in [4.78, 5) is 27.1. The van der Waals surface area contributed by atoms with Crippen molar-refractivity contribution in [1.82, 2.24) is 4.31 Å². The average molecular weight is 456 g/mol. The zero-order valence-electron chi connectivity index (χ0n) is 18.9. The first kappa shape index (κ1) is 22.5. The first-order valence-corrected chi connectivity index (χ1v) is 12.3. The van der Waals surface area contributed by atoms with Gasteiger partial charge in [-0.15, -0.1) is 0 Å². The predicted octanol–water partition coefficient (Wildman–Crippen LogP) is 3.25. The molecular formula is C24H29N3O4S. The Balaban J connectivity index is 1.49. The second kappa shape index (κ2) is 8.33. The van der Waals surface area contributed by atoms with Gasteiger partial charge in [0.25, 0.3) is 0 Å². The molecule has 0 saturated heterocycles. The Morgan fingerprint density at radius 2 is 1.75 bits per heavy atom. The summed E-state index contributed by atoms with van der Waals surface area (Å²) in [6.45, 7) is 5.56. The minimum Gasteiger partial charge on any atom is -0.325 e. The molecule has 4 rings (SSSR count). The highest BCUT2D eigenvalue weighted by molar-refractivity contribution is 7.89. The number of benzene rings is 2. The Hall–Kier alpha value is -2.71. The smallest absolute Gasteiger partial charge is 0.243 e. The number of nitrogens with one attached hydrogen (secondary N) is 1. The topological polar surface area (TPSA) is 86.8 Å². The van der Waals surface area contributed by atoms with E-state index in [4.69, 9.17) is 0 Å². The highest BCUT2D eigenvalue weighted by Gasteiger charge is 2.40. The predicted molar refractivity (Wildman–Crippen MR) is 124 cm³/mol. The maximum Gasteiger partial charge on any atom is 0.243 e. The molecule has 1 heterocycles. The van der Waals surface area contributed by atoms with E-state index in [1.54, 1.807) is 12.1 Å². The lowest BCUT2D eigenvalue weighted by molar-refractivity contribution is -0.120. The van der Waals surface area contributed by atoms with Crippen LogP contribution in [0, 0.1) is 19.8 Å². The lowest BCUT2D eigenvalue weighted by atomic mass is 10.1. The molecule has 0 spiro atoms. The summed E-state index contributed by atoms with van der Waals surface area (Å²) in [5.74, 6) is -0.169. The highest BCUT2D eigenvalue weighted by atomic mass is 32.2. The number of nitrogens with zero attached hydrogens (tertiary/aromatic N) is 2. The fraction of sp³-hybridized carbons (Fsp3) is 0.417. The summed E-state index contributed by atoms with van der Waals surface area (Å²) < 4.78 is 27.3. The van der Waals surface area contributed by atoms with Gasteiger partial charge < -0.3 is 10.2 Å². The van der Waals surface area contributed by atoms with Crippen LogP contribution in [0.25, 0.3) is 0 Å². The third-order valence-corrected chi connectivity index (χ3v) is 7.81. The molecule has 32 heavy (non-hydrogen) atoms. The van der Waals surface area contributed by atoms with Gasteiger partial charge in [0.1, 0.15) is 0 Å². The number of hydrogen-bond acceptors (Lipinski definition) is 4. The molecule has 1 N–H and O–H groups in total. The van der Waals surface area contributed by atoms with E-state index in [0.717, 1.165) is 39.5 Å². The van der Waals surface area contributed by atoms with Crippen LogP contribution in [0.2, 0.25) is 0 Å². The van der Waals surface area contributed by atoms with Gasteiger partial charge in [0.05, 0.1) is 11.4 Å². The minimum atomic E-state index is -3.85. The molecule has 8 heteroatoms. The number of rotatable bonds is 6. The fourth-order valence-electron chi connectivity index (χ4n) is 4.35. The van der Waals surface area contributed by atoms with Crippen LogP contribution in [0.15, 0.2) is 41.3 Å². The van der Waals surface area contributed by atoms with Crippen LogP contribution in [-0.2, 0) is 26.0 Å². The summed E-state index contributed by atoms with van der Waals surface area (Å²) in [6.07, 6.45) is 2.48. The lowest BCUT2D eigenvalue weighted by Crippen LogP contribution is -2.36. The third-order valence-electron chi connectivity index (χ3n) is 6.01. The Morgan fingerprint density at radius 3 is 2.38 bits per heavy atom. The van der Waals surface area contributed by atoms with Crippen LogP contribution in [0.5, 0.6) is 0 Å². The molecule has 1 atom stereocenters. The molecule has 2 aromatic carbocycles. The largest absolute Gasteiger partial charge is 0.325 e. The minimum absolute atomic E-state index is 0.0114. The van der Waals surface area contributed by atoms with Crippen molar-refractivity contribution in [3.05, 3.63) is 53.1 Å². The first-order valence-electron chi connectivity index (χ1n) is 10.9. The Kier molecular flexibility index (Phi) is 5.85. The van der Waals surface area contributed by atoms with Gasteiger partial charge in [0.2, 0.25) is 21.8 Å². The number of amides is 2. The van der Waals surface area contributed by atoms with Crippen LogP contribution in [0.4, 0.5) is 11.4 Å². The summed E-state index contributed by atoms with van der Waals surface area (Å²) in [5, 5.41) is 2.77. The van der Waals surface area contributed by atoms with Crippen molar-refractivity contribution in [3.63, 3.8) is 0 Å². The summed E-state index contributed by atoms with van der Waals surface area (Å²) in [6, 6.07) is 10.6. The van der Waals surface area contributed by atoms with Gasteiger partial charge in [-0.05, 0) is 87.1 Å². The SMILES string of the molecule is Cc1cc(C)cc(NC(=O)CN(C)S(=O)(=O)c2ccc3c(c2)CC(C)N3C(=O)C2CC2)c1. The Labute approximate surface area is 189 Å². The zero-order valence-corrected chi connectivity index (χ0v) is 19.7. The van der Waals surface area contributed by atoms with Crippen molar-refractivity contribution in [1.29, 1.82) is 0 Å². The van der Waals surface area contributed by atoms with Crippen molar-refractivity contribution >= 4 is 33.2 Å². The molecule has 1 unspecified atom stereocenters. The van der Waals surface area contributed by atoms with E-state index in [1.165, 1.54) is 13.1 Å². The quantitative estimate of drug-likeness (QED) is 0.724. The lowest BCUT2D eigenvalue weighted by Gasteiger charge is -2.23. The summed E-state index contributed by atoms with van der Waals surface area (Å²) in [5.41, 5.74) is 4.32. The van der Waals surface area contributed by atoms with Crippen molar-refractivity contribution in [2.45, 2.75) is 51.0 Å². The molecular weight excluding hydrogens is 426 g/mol. The van der Waals surface area contributed by atoms with Crippen LogP contribution < -0.4 is 10.2 Å². The van der Waals surface area contributed by atoms with Crippen LogP contribution in [-0.4, -0.2) is 44.2 Å². The maximum atomic E-state index is 13.1. The molecule has 2 aromatic rings. The zero-order chi connectivity index (χ0) is 23.2. The number of sulfonamides is 1. The fourth-order valence-corrected chi connectivity index (χ4v) is 5.52. The molecule has 1 aliphatic carbocycles. The van der Waals surface area contributed by atoms with Crippen molar-refractivity contribution in [2.24, 2.45) is 5.92 Å². The Morgan fingerprint density at radius 1 is 1.09 bits per heavy atom. The van der Waals surface area contributed by atoms with E-state index < -0.39 is 15.9 Å². The van der Waals surface area contributed by atoms with Gasteiger partial charge in [-0.3, -0.25) is 9.59 Å². The van der Waals surface area contributed by atoms with Crippen molar-refractivity contribution in [2.75, 3.05) is 23.8 Å². The van der Waals surface area contributed by atoms with Gasteiger partial charge in [-0.25, -0.2) is 8.42 Å². The molecule has 0 bridgehead atoms. The van der Waals surface area contributed by atoms with Gasteiger partial charge >= 0.3 is 0 Å². The third kappa shape index (κ3) is 4.42. The normalized spacial score (nSPS) is 18.0. The molecule has 7 nitrogen and oxygen atoms in total. The van der Waals surface area contributed by atoms with E-state index in [9.17, 15) is 18.0 Å². The number of aryl methyl sites for hydroxylation is 2. The summed E-state index contributed by atoms with van der Waals surface area (Å²) in [7, 11) is -2.46. The number of carbonyl (C=O) groups is 2. The van der Waals surface area contributed by atoms with Crippen LogP contribution >= 0.6 is 0 Å². The molecule has 0 radical (unpaired) electrons. The maximum absolute atomic E-state index is 13.1. The highest BCUT2D eigenvalue weighted by Crippen LogP contribution is 2.39. The number of likely N-dealkylation sites (N-methyl/N-ethyl adjacent to an activating group) is 1. The molecule has 2 amide bonds. The monoisotopic (exact) mass is 455 g/mol. The number of hydrogen-bond donors (Lipinski definition) is 1. The van der Waals surface area contributed by atoms with E-state index in [2.05, 4.69) is 5.32 Å². The van der Waals surface area contributed by atoms with Crippen molar-refractivity contribution < 1.29 is 18.0 Å². The number of fused-ring (bicyclic) bond motifs is 1. The second-order valence-electron chi connectivity index (χ2n) is 9.01. The standard InChI is InChI=1S/C24H29N3O4S/c1-15-9-16(2)11-20(10-15)25-23(28)14-26(4)32(30,31)21-7-8-22-19(13-21)12-17(3)27(22)24(29)18-5-6-18/h7-11,13,17-18H,5-6,12,14H2,1-4H3,(H,25,28). The first-order chi connectivity index (χ1) is 15.1. The molecule has 2 aliphatic rings. The number of carbonyl (C=O) groups excluding carboxylic acids is 2. The molecule has 1 aliphatic heterocycles. The Bertz CT molecular complexity index is 1170. The van der Waals surface area contributed by atoms with Crippen molar-refractivity contribution in [3.8, 4) is 0 Å². The number of anilines is 2. The van der Waals surface area contributed by atoms with Crippen LogP contribution in [0.3, 0.4) is 0 Å². The van der Waals surface area contributed by atoms with E-state index in [-0.39, 0.29) is 29.3 Å². The molecule has 170 valence electrons. The van der Waals surface area contributed by atoms with Gasteiger partial charge in [0, 0.05) is 30.4 Å². The van der Waals surface area contributed by atoms with E-state index in [1.807, 2.05) is 43.9 Å².